The van der Waals surface area contributed by atoms with E-state index in [1.807, 2.05) is 27.7 Å². The van der Waals surface area contributed by atoms with Crippen LogP contribution in [0.5, 0.6) is 0 Å². The Kier molecular flexibility index (Phi) is 15.4. The Morgan fingerprint density at radius 3 is 2.18 bits per heavy atom. The minimum Gasteiger partial charge on any atom is -0.459 e. The molecule has 0 spiro atoms. The summed E-state index contributed by atoms with van der Waals surface area (Å²) in [5.41, 5.74) is 2.96. The molecule has 130 valence electrons. The number of hydrogen-bond acceptors (Lipinski definition) is 5. The second kappa shape index (κ2) is 12.9. The van der Waals surface area contributed by atoms with Crippen LogP contribution in [0.25, 0.3) is 0 Å². The molecule has 0 amide bonds. The number of carbonyl (C=O) groups excluding carboxylic acids is 2. The predicted octanol–water partition coefficient (Wildman–Crippen LogP) is 4.12. The van der Waals surface area contributed by atoms with Crippen molar-refractivity contribution in [3.63, 3.8) is 0 Å². The Bertz CT molecular complexity index is 443. The van der Waals surface area contributed by atoms with Crippen LogP contribution in [0.15, 0.2) is 16.7 Å². The maximum atomic E-state index is 11.5. The first kappa shape index (κ1) is 26.3. The molecule has 0 atom stereocenters. The van der Waals surface area contributed by atoms with Crippen molar-refractivity contribution in [3.8, 4) is 0 Å². The fourth-order valence-electron chi connectivity index (χ4n) is 1.15. The van der Waals surface area contributed by atoms with Crippen LogP contribution in [0.3, 0.4) is 0 Å². The van der Waals surface area contributed by atoms with E-state index in [2.05, 4.69) is 5.43 Å². The summed E-state index contributed by atoms with van der Waals surface area (Å²) >= 11 is 5.24. The summed E-state index contributed by atoms with van der Waals surface area (Å²) in [6.45, 7) is 8.02. The summed E-state index contributed by atoms with van der Waals surface area (Å²) in [6, 6.07) is 1.48. The smallest absolute Gasteiger partial charge is 0.288 e. The number of carbonyl (C=O) groups is 2. The van der Waals surface area contributed by atoms with Crippen molar-refractivity contribution in [2.45, 2.75) is 52.5 Å². The highest BCUT2D eigenvalue weighted by Gasteiger charge is 2.18. The van der Waals surface area contributed by atoms with Crippen molar-refractivity contribution in [2.24, 2.45) is 5.84 Å². The highest BCUT2D eigenvalue weighted by molar-refractivity contribution is 6.67. The van der Waals surface area contributed by atoms with Crippen molar-refractivity contribution >= 4 is 47.4 Å². The lowest BCUT2D eigenvalue weighted by Gasteiger charge is -2.14. The molecule has 0 saturated carbocycles. The maximum Gasteiger partial charge on any atom is 0.288 e. The van der Waals surface area contributed by atoms with Crippen LogP contribution < -0.4 is 11.3 Å². The second-order valence-electron chi connectivity index (χ2n) is 5.36. The molecule has 1 aromatic heterocycles. The molecule has 0 fully saturated rings. The van der Waals surface area contributed by atoms with Gasteiger partial charge >= 0.3 is 0 Å². The molecule has 22 heavy (non-hydrogen) atoms. The molecule has 0 unspecified atom stereocenters. The molecule has 5 nitrogen and oxygen atoms in total. The first-order valence-electron chi connectivity index (χ1n) is 6.51. The number of halogens is 3. The zero-order valence-corrected chi connectivity index (χ0v) is 15.7. The Labute approximate surface area is 149 Å². The lowest BCUT2D eigenvalue weighted by atomic mass is 10.1. The van der Waals surface area contributed by atoms with Gasteiger partial charge in [0.1, 0.15) is 0 Å². The van der Waals surface area contributed by atoms with E-state index in [0.29, 0.717) is 12.0 Å². The van der Waals surface area contributed by atoms with Crippen molar-refractivity contribution in [2.75, 3.05) is 0 Å². The van der Waals surface area contributed by atoms with Gasteiger partial charge in [0.15, 0.2) is 11.5 Å². The van der Waals surface area contributed by atoms with Crippen LogP contribution >= 0.6 is 36.4 Å². The van der Waals surface area contributed by atoms with Crippen LogP contribution in [0, 0.1) is 0 Å². The molecule has 8 heteroatoms. The summed E-state index contributed by atoms with van der Waals surface area (Å²) in [4.78, 5) is 22.3. The van der Waals surface area contributed by atoms with Crippen LogP contribution in [-0.2, 0) is 0 Å². The largest absolute Gasteiger partial charge is 0.459 e. The maximum absolute atomic E-state index is 11.5. The lowest BCUT2D eigenvalue weighted by Crippen LogP contribution is -2.41. The van der Waals surface area contributed by atoms with E-state index in [9.17, 15) is 9.59 Å². The number of unbranched alkanes of at least 4 members (excludes halogenated alkanes) is 1. The van der Waals surface area contributed by atoms with Gasteiger partial charge in [-0.3, -0.25) is 20.9 Å². The molecule has 0 bridgehead atoms. The van der Waals surface area contributed by atoms with Gasteiger partial charge in [-0.05, 0) is 44.9 Å². The summed E-state index contributed by atoms with van der Waals surface area (Å²) in [5.74, 6) is 4.91. The average molecular weight is 376 g/mol. The quantitative estimate of drug-likeness (QED) is 0.350. The van der Waals surface area contributed by atoms with E-state index in [4.69, 9.17) is 21.9 Å². The second-order valence-corrected chi connectivity index (χ2v) is 5.70. The summed E-state index contributed by atoms with van der Waals surface area (Å²) in [7, 11) is 0. The van der Waals surface area contributed by atoms with E-state index in [0.717, 1.165) is 12.8 Å². The molecular formula is C14H25Cl3N2O3. The highest BCUT2D eigenvalue weighted by atomic mass is 35.5. The molecule has 0 radical (unpaired) electrons. The Morgan fingerprint density at radius 1 is 1.32 bits per heavy atom. The zero-order chi connectivity index (χ0) is 15.8. The van der Waals surface area contributed by atoms with E-state index in [1.54, 1.807) is 0 Å². The zero-order valence-electron chi connectivity index (χ0n) is 13.3. The van der Waals surface area contributed by atoms with Gasteiger partial charge in [-0.25, -0.2) is 0 Å². The predicted molar refractivity (Wildman–Crippen MR) is 94.3 cm³/mol. The molecule has 0 aliphatic carbocycles. The number of nitrogens with two attached hydrogens (primary N) is 1. The van der Waals surface area contributed by atoms with Crippen LogP contribution in [0.2, 0.25) is 0 Å². The average Bonchev–Trinajstić information content (AvgIpc) is 2.85. The topological polar surface area (TPSA) is 85.3 Å². The number of ketones is 1. The van der Waals surface area contributed by atoms with Gasteiger partial charge in [-0.15, -0.1) is 24.8 Å². The summed E-state index contributed by atoms with van der Waals surface area (Å²) < 4.78 is 4.82. The van der Waals surface area contributed by atoms with Gasteiger partial charge in [0.05, 0.1) is 11.8 Å². The van der Waals surface area contributed by atoms with Crippen molar-refractivity contribution in [3.05, 3.63) is 23.7 Å². The SMILES string of the molecule is CC(C)(C)NN.CCCCC(=O)c1ccoc1C(=O)Cl.Cl.Cl. The first-order valence-corrected chi connectivity index (χ1v) is 6.89. The summed E-state index contributed by atoms with van der Waals surface area (Å²) in [6.07, 6.45) is 3.47. The molecule has 1 aromatic rings. The third-order valence-electron chi connectivity index (χ3n) is 2.33. The Morgan fingerprint density at radius 2 is 1.82 bits per heavy atom. The minimum absolute atomic E-state index is 0. The van der Waals surface area contributed by atoms with Crippen molar-refractivity contribution in [1.82, 2.24) is 5.43 Å². The fraction of sp³-hybridized carbons (Fsp3) is 0.571. The third kappa shape index (κ3) is 11.0. The van der Waals surface area contributed by atoms with E-state index in [1.165, 1.54) is 12.3 Å². The molecule has 1 rings (SSSR count). The number of nitrogens with one attached hydrogen (secondary N) is 1. The number of rotatable bonds is 5. The van der Waals surface area contributed by atoms with Gasteiger partial charge in [0.25, 0.3) is 5.24 Å². The molecule has 0 aromatic carbocycles. The number of hydrogen-bond donors (Lipinski definition) is 2. The van der Waals surface area contributed by atoms with Crippen LogP contribution in [-0.4, -0.2) is 16.6 Å². The van der Waals surface area contributed by atoms with E-state index in [-0.39, 0.29) is 41.9 Å². The summed E-state index contributed by atoms with van der Waals surface area (Å²) in [5, 5.41) is -0.727. The Hall–Kier alpha value is -0.590. The normalized spacial score (nSPS) is 9.73. The molecule has 0 aliphatic rings. The molecule has 3 N–H and O–H groups in total. The molecular weight excluding hydrogens is 351 g/mol. The minimum atomic E-state index is -0.727. The van der Waals surface area contributed by atoms with Crippen LogP contribution in [0.1, 0.15) is 67.9 Å². The first-order chi connectivity index (χ1) is 9.22. The van der Waals surface area contributed by atoms with Gasteiger partial charge in [0, 0.05) is 12.0 Å². The monoisotopic (exact) mass is 374 g/mol. The van der Waals surface area contributed by atoms with E-state index >= 15 is 0 Å². The van der Waals surface area contributed by atoms with Crippen molar-refractivity contribution < 1.29 is 14.0 Å². The van der Waals surface area contributed by atoms with Crippen LogP contribution in [0.4, 0.5) is 0 Å². The van der Waals surface area contributed by atoms with Gasteiger partial charge in [0.2, 0.25) is 0 Å². The molecule has 0 saturated heterocycles. The van der Waals surface area contributed by atoms with Gasteiger partial charge < -0.3 is 4.42 Å². The third-order valence-corrected chi connectivity index (χ3v) is 2.51. The standard InChI is InChI=1S/C10H11ClO3.C4H12N2.2ClH/c1-2-3-4-8(12)7-5-6-14-9(7)10(11)13;1-4(2,3)6-5;;/h5-6H,2-4H2,1H3;6H,5H2,1-3H3;2*1H. The fourth-order valence-corrected chi connectivity index (χ4v) is 1.30. The van der Waals surface area contributed by atoms with Gasteiger partial charge in [-0.2, -0.15) is 0 Å². The van der Waals surface area contributed by atoms with Gasteiger partial charge in [-0.1, -0.05) is 13.3 Å². The van der Waals surface area contributed by atoms with E-state index < -0.39 is 5.24 Å². The number of furan rings is 1. The lowest BCUT2D eigenvalue weighted by molar-refractivity contribution is 0.0965. The molecule has 0 aliphatic heterocycles. The molecule has 1 heterocycles. The van der Waals surface area contributed by atoms with Crippen molar-refractivity contribution in [1.29, 1.82) is 0 Å². The number of Topliss-reactive ketones (excluding diaryl/α,β-unsaturated/α-hetero) is 1. The number of hydrazine groups is 1. The Balaban J connectivity index is -0.000000392. The highest BCUT2D eigenvalue weighted by Crippen LogP contribution is 2.16.